The molecule has 25 nitrogen and oxygen atoms in total. The molecule has 5 fully saturated rings. The Morgan fingerprint density at radius 1 is 0.519 bits per heavy atom. The van der Waals surface area contributed by atoms with Crippen molar-refractivity contribution in [2.45, 2.75) is 153 Å². The van der Waals surface area contributed by atoms with E-state index < -0.39 is 166 Å². The normalized spacial score (nSPS) is 53.0. The summed E-state index contributed by atoms with van der Waals surface area (Å²) in [6.07, 6.45) is -33.9. The summed E-state index contributed by atoms with van der Waals surface area (Å²) in [5, 5.41) is 114. The number of rotatable bonds is 12. The van der Waals surface area contributed by atoms with Crippen LogP contribution in [0.2, 0.25) is 0 Å². The van der Waals surface area contributed by atoms with E-state index in [9.17, 15) is 61.0 Å². The number of carboxylic acids is 1. The third-order valence-corrected chi connectivity index (χ3v) is 10.4. The quantitative estimate of drug-likeness (QED) is 0.0872. The van der Waals surface area contributed by atoms with Gasteiger partial charge in [0, 0.05) is 18.6 Å². The van der Waals surface area contributed by atoms with Gasteiger partial charge in [-0.15, -0.1) is 0 Å². The van der Waals surface area contributed by atoms with Crippen molar-refractivity contribution in [2.75, 3.05) is 19.8 Å². The summed E-state index contributed by atoms with van der Waals surface area (Å²) < 4.78 is 46.7. The van der Waals surface area contributed by atoms with Gasteiger partial charge in [-0.2, -0.15) is 0 Å². The molecule has 5 aliphatic rings. The van der Waals surface area contributed by atoms with Crippen LogP contribution in [-0.2, 0) is 42.7 Å². The first-order chi connectivity index (χ1) is 25.4. The second-order valence-electron chi connectivity index (χ2n) is 14.0. The van der Waals surface area contributed by atoms with E-state index in [1.165, 1.54) is 0 Å². The summed E-state index contributed by atoms with van der Waals surface area (Å²) in [6, 6.07) is -4.96. The maximum Gasteiger partial charge on any atom is 0.335 e. The molecule has 24 atom stereocenters. The van der Waals surface area contributed by atoms with E-state index in [-0.39, 0.29) is 13.0 Å². The van der Waals surface area contributed by atoms with Gasteiger partial charge in [0.1, 0.15) is 85.5 Å². The smallest absolute Gasteiger partial charge is 0.335 e. The lowest BCUT2D eigenvalue weighted by molar-refractivity contribution is -0.340. The lowest BCUT2D eigenvalue weighted by Crippen LogP contribution is -2.68. The van der Waals surface area contributed by atoms with E-state index in [1.54, 1.807) is 0 Å². The molecule has 0 aromatic rings. The Hall–Kier alpha value is -1.45. The predicted molar refractivity (Wildman–Crippen MR) is 170 cm³/mol. The molecule has 0 bridgehead atoms. The number of aliphatic hydroxyl groups is 10. The van der Waals surface area contributed by atoms with Crippen LogP contribution in [0.1, 0.15) is 6.42 Å². The second-order valence-corrected chi connectivity index (χ2v) is 14.0. The molecule has 0 aromatic carbocycles. The Morgan fingerprint density at radius 3 is 1.57 bits per heavy atom. The van der Waals surface area contributed by atoms with E-state index >= 15 is 0 Å². The zero-order valence-electron chi connectivity index (χ0n) is 28.7. The third-order valence-electron chi connectivity index (χ3n) is 10.4. The minimum Gasteiger partial charge on any atom is -0.479 e. The van der Waals surface area contributed by atoms with Crippen molar-refractivity contribution in [1.82, 2.24) is 0 Å². The van der Waals surface area contributed by atoms with Crippen LogP contribution in [-0.4, -0.2) is 229 Å². The molecule has 0 spiro atoms. The van der Waals surface area contributed by atoms with Gasteiger partial charge in [0.25, 0.3) is 0 Å². The topological polar surface area (TPSA) is 444 Å². The van der Waals surface area contributed by atoms with Gasteiger partial charge in [-0.05, 0) is 6.42 Å². The fraction of sp³-hybridized carbons (Fsp3) is 0.966. The van der Waals surface area contributed by atoms with Crippen molar-refractivity contribution in [3.8, 4) is 0 Å². The Bertz CT molecular complexity index is 1230. The largest absolute Gasteiger partial charge is 0.479 e. The minimum absolute atomic E-state index is 0.0645. The van der Waals surface area contributed by atoms with Gasteiger partial charge in [-0.3, -0.25) is 0 Å². The molecule has 5 unspecified atom stereocenters. The van der Waals surface area contributed by atoms with Crippen LogP contribution in [0.15, 0.2) is 0 Å². The summed E-state index contributed by atoms with van der Waals surface area (Å²) in [6.45, 7) is -1.90. The zero-order valence-corrected chi connectivity index (χ0v) is 28.7. The van der Waals surface area contributed by atoms with Crippen molar-refractivity contribution < 1.29 is 98.9 Å². The minimum atomic E-state index is -2.12. The van der Waals surface area contributed by atoms with E-state index in [0.29, 0.717) is 0 Å². The van der Waals surface area contributed by atoms with Gasteiger partial charge >= 0.3 is 5.97 Å². The van der Waals surface area contributed by atoms with Crippen molar-refractivity contribution in [3.63, 3.8) is 0 Å². The number of hydrogen-bond donors (Lipinski definition) is 16. The highest BCUT2D eigenvalue weighted by molar-refractivity contribution is 5.73. The average Bonchev–Trinajstić information content (AvgIpc) is 3.46. The molecule has 1 aliphatic carbocycles. The van der Waals surface area contributed by atoms with E-state index in [0.717, 1.165) is 0 Å². The number of aliphatic carboxylic acids is 1. The number of carboxylic acid groups (broad SMARTS) is 1. The predicted octanol–water partition coefficient (Wildman–Crippen LogP) is -10.9. The molecule has 314 valence electrons. The number of hydrogen-bond acceptors (Lipinski definition) is 24. The summed E-state index contributed by atoms with van der Waals surface area (Å²) >= 11 is 0. The average molecular weight is 792 g/mol. The molecule has 1 saturated carbocycles. The lowest BCUT2D eigenvalue weighted by Gasteiger charge is -2.47. The Balaban J connectivity index is 1.47. The maximum absolute atomic E-state index is 11.8. The van der Waals surface area contributed by atoms with Crippen LogP contribution in [0.5, 0.6) is 0 Å². The number of nitrogens with two attached hydrogens (primary N) is 5. The Labute approximate surface area is 306 Å². The highest BCUT2D eigenvalue weighted by atomic mass is 16.8. The number of ether oxygens (including phenoxy) is 8. The highest BCUT2D eigenvalue weighted by Crippen LogP contribution is 2.37. The first-order valence-electron chi connectivity index (χ1n) is 17.3. The van der Waals surface area contributed by atoms with E-state index in [2.05, 4.69) is 0 Å². The first kappa shape index (κ1) is 43.7. The molecule has 54 heavy (non-hydrogen) atoms. The van der Waals surface area contributed by atoms with Crippen LogP contribution in [0.4, 0.5) is 0 Å². The van der Waals surface area contributed by atoms with Crippen LogP contribution in [0.25, 0.3) is 0 Å². The Morgan fingerprint density at radius 2 is 1.02 bits per heavy atom. The molecule has 4 saturated heterocycles. The molecule has 0 aromatic heterocycles. The number of aliphatic hydroxyl groups excluding tert-OH is 10. The fourth-order valence-electron chi connectivity index (χ4n) is 7.14. The summed E-state index contributed by atoms with van der Waals surface area (Å²) in [5.41, 5.74) is 30.4. The molecule has 25 heteroatoms. The molecule has 4 aliphatic heterocycles. The van der Waals surface area contributed by atoms with Gasteiger partial charge in [0.05, 0.1) is 31.4 Å². The van der Waals surface area contributed by atoms with Crippen LogP contribution >= 0.6 is 0 Å². The van der Waals surface area contributed by atoms with Gasteiger partial charge in [0.15, 0.2) is 31.3 Å². The van der Waals surface area contributed by atoms with Gasteiger partial charge < -0.3 is 123 Å². The van der Waals surface area contributed by atoms with Gasteiger partial charge in [-0.1, -0.05) is 0 Å². The van der Waals surface area contributed by atoms with Gasteiger partial charge in [-0.25, -0.2) is 4.79 Å². The van der Waals surface area contributed by atoms with Gasteiger partial charge in [0.2, 0.25) is 0 Å². The van der Waals surface area contributed by atoms with Crippen LogP contribution in [0, 0.1) is 0 Å². The fourth-order valence-corrected chi connectivity index (χ4v) is 7.14. The molecular weight excluding hydrogens is 738 g/mol. The summed E-state index contributed by atoms with van der Waals surface area (Å²) in [4.78, 5) is 11.8. The molecule has 5 rings (SSSR count). The van der Waals surface area contributed by atoms with Crippen molar-refractivity contribution >= 4 is 5.97 Å². The van der Waals surface area contributed by atoms with Crippen molar-refractivity contribution in [1.29, 1.82) is 0 Å². The third kappa shape index (κ3) is 8.54. The van der Waals surface area contributed by atoms with E-state index in [1.807, 2.05) is 0 Å². The van der Waals surface area contributed by atoms with E-state index in [4.69, 9.17) is 66.6 Å². The first-order valence-corrected chi connectivity index (χ1v) is 17.3. The van der Waals surface area contributed by atoms with Crippen LogP contribution < -0.4 is 28.7 Å². The lowest BCUT2D eigenvalue weighted by atomic mass is 9.84. The zero-order chi connectivity index (χ0) is 39.9. The molecule has 0 radical (unpaired) electrons. The SMILES string of the molecule is NC[C@@H]1O[C@H](O[C@H]2[C@@H](OC3OC(C(=O)O)C(O)C(O)C3O)[C@H](O[C@@H]3[C@@H](O)[C@H](N)C[C@H](N)[C@H]3O[C@H]3O[C@H](CO)[C@@H](O)[C@H](O)[C@H]3N)O[C@@H]2CO)[C@H](N)[C@@H](O)[C@@H]1O. The van der Waals surface area contributed by atoms with Crippen molar-refractivity contribution in [2.24, 2.45) is 28.7 Å². The highest BCUT2D eigenvalue weighted by Gasteiger charge is 2.57. The monoisotopic (exact) mass is 791 g/mol. The summed E-state index contributed by atoms with van der Waals surface area (Å²) in [7, 11) is 0. The molecule has 4 heterocycles. The molecule has 21 N–H and O–H groups in total. The second kappa shape index (κ2) is 18.0. The summed E-state index contributed by atoms with van der Waals surface area (Å²) in [5.74, 6) is -1.74. The molecule has 0 amide bonds. The van der Waals surface area contributed by atoms with Crippen LogP contribution in [0.3, 0.4) is 0 Å². The Kier molecular flexibility index (Phi) is 14.6. The molecular formula is C29H53N5O20. The maximum atomic E-state index is 11.8. The van der Waals surface area contributed by atoms with Crippen molar-refractivity contribution in [3.05, 3.63) is 0 Å². The number of carbonyl (C=O) groups is 1. The standard InChI is InChI=1S/C29H53N5O20/c30-2-7-13(38)15(40)10(33)26(47-7)51-21-9(4-36)49-29(24(21)54-28-19(44)17(42)18(43)23(53-28)25(45)46)52-22-12(37)5(31)1-6(32)20(22)50-27-11(34)16(41)14(39)8(3-35)48-27/h5-24,26-29,35-44H,1-4,30-34H2,(H,45,46)/t5-,6+,7+,8-,9-,10-,11-,12+,13-,14-,15-,16-,17?,18?,19?,20-,21-,22-,23?,24-,26-,27-,28?,29+/m1/s1.